The number of nitrogens with one attached hydrogen (secondary N) is 1. The van der Waals surface area contributed by atoms with Crippen LogP contribution in [0.15, 0.2) is 68.6 Å². The molecular formula is C20H14BrClN2O3S. The van der Waals surface area contributed by atoms with Gasteiger partial charge in [-0.05, 0) is 64.5 Å². The summed E-state index contributed by atoms with van der Waals surface area (Å²) in [5.74, 6) is 0.465. The highest BCUT2D eigenvalue weighted by molar-refractivity contribution is 9.10. The Morgan fingerprint density at radius 2 is 2.00 bits per heavy atom. The number of thioether (sulfide) groups is 1. The Balaban J connectivity index is 1.57. The molecule has 2 amide bonds. The quantitative estimate of drug-likeness (QED) is 0.525. The maximum atomic E-state index is 13.1. The van der Waals surface area contributed by atoms with Crippen LogP contribution in [0, 0.1) is 0 Å². The minimum Gasteiger partial charge on any atom is -0.444 e. The minimum atomic E-state index is -0.387. The van der Waals surface area contributed by atoms with Crippen molar-refractivity contribution in [2.75, 3.05) is 22.5 Å². The normalized spacial score (nSPS) is 13.1. The molecule has 1 aliphatic rings. The summed E-state index contributed by atoms with van der Waals surface area (Å²) in [6.45, 7) is 0.591. The molecule has 0 atom stereocenters. The molecule has 1 N–H and O–H groups in total. The molecule has 3 aromatic rings. The van der Waals surface area contributed by atoms with Crippen LogP contribution in [0.3, 0.4) is 0 Å². The highest BCUT2D eigenvalue weighted by Crippen LogP contribution is 2.37. The van der Waals surface area contributed by atoms with Crippen LogP contribution in [0.4, 0.5) is 11.4 Å². The third kappa shape index (κ3) is 3.97. The van der Waals surface area contributed by atoms with Gasteiger partial charge in [-0.3, -0.25) is 9.59 Å². The number of hydrogen-bond donors (Lipinski definition) is 1. The number of nitrogens with zero attached hydrogens (tertiary/aromatic N) is 1. The van der Waals surface area contributed by atoms with Gasteiger partial charge in [-0.15, -0.1) is 11.8 Å². The van der Waals surface area contributed by atoms with E-state index < -0.39 is 0 Å². The van der Waals surface area contributed by atoms with Gasteiger partial charge in [0.15, 0.2) is 10.4 Å². The van der Waals surface area contributed by atoms with Crippen molar-refractivity contribution in [3.05, 3.63) is 75.6 Å². The van der Waals surface area contributed by atoms with Gasteiger partial charge in [0.25, 0.3) is 11.8 Å². The van der Waals surface area contributed by atoms with Gasteiger partial charge < -0.3 is 14.6 Å². The standard InChI is InChI=1S/C20H14BrClN2O3S/c21-18-7-5-16(27-18)19(25)23-14-3-1-2-12(10-14)20(26)24-8-9-28-17-6-4-13(22)11-15(17)24/h1-7,10-11H,8-9H2,(H,23,25). The van der Waals surface area contributed by atoms with Crippen molar-refractivity contribution in [3.63, 3.8) is 0 Å². The predicted octanol–water partition coefficient (Wildman–Crippen LogP) is 5.70. The summed E-state index contributed by atoms with van der Waals surface area (Å²) >= 11 is 11.0. The zero-order valence-electron chi connectivity index (χ0n) is 14.4. The number of rotatable bonds is 3. The first-order valence-corrected chi connectivity index (χ1v) is 10.6. The summed E-state index contributed by atoms with van der Waals surface area (Å²) in [7, 11) is 0. The van der Waals surface area contributed by atoms with Gasteiger partial charge in [0.05, 0.1) is 5.69 Å². The molecule has 0 unspecified atom stereocenters. The van der Waals surface area contributed by atoms with E-state index in [0.29, 0.717) is 27.5 Å². The number of amides is 2. The lowest BCUT2D eigenvalue weighted by atomic mass is 10.1. The number of carbonyl (C=O) groups excluding carboxylic acids is 2. The summed E-state index contributed by atoms with van der Waals surface area (Å²) in [5, 5.41) is 3.34. The number of carbonyl (C=O) groups is 2. The highest BCUT2D eigenvalue weighted by Gasteiger charge is 2.24. The van der Waals surface area contributed by atoms with Gasteiger partial charge in [0.1, 0.15) is 0 Å². The molecule has 0 saturated heterocycles. The number of anilines is 2. The Morgan fingerprint density at radius 3 is 2.79 bits per heavy atom. The molecule has 2 aromatic carbocycles. The molecule has 0 saturated carbocycles. The average Bonchev–Trinajstić information content (AvgIpc) is 3.14. The van der Waals surface area contributed by atoms with Crippen LogP contribution in [0.5, 0.6) is 0 Å². The van der Waals surface area contributed by atoms with Crippen molar-refractivity contribution in [1.29, 1.82) is 0 Å². The molecule has 1 aliphatic heterocycles. The maximum absolute atomic E-state index is 13.1. The maximum Gasteiger partial charge on any atom is 0.291 e. The summed E-state index contributed by atoms with van der Waals surface area (Å²) in [6, 6.07) is 15.6. The first kappa shape index (κ1) is 19.1. The second-order valence-electron chi connectivity index (χ2n) is 6.06. The van der Waals surface area contributed by atoms with Gasteiger partial charge in [-0.1, -0.05) is 17.7 Å². The Kier molecular flexibility index (Phi) is 5.48. The third-order valence-electron chi connectivity index (χ3n) is 4.19. The lowest BCUT2D eigenvalue weighted by molar-refractivity contribution is 0.0981. The monoisotopic (exact) mass is 476 g/mol. The van der Waals surface area contributed by atoms with E-state index in [1.807, 2.05) is 12.1 Å². The Morgan fingerprint density at radius 1 is 1.14 bits per heavy atom. The Bertz CT molecular complexity index is 1070. The third-order valence-corrected chi connectivity index (χ3v) is 5.90. The van der Waals surface area contributed by atoms with E-state index in [9.17, 15) is 9.59 Å². The number of halogens is 2. The van der Waals surface area contributed by atoms with Crippen molar-refractivity contribution < 1.29 is 14.0 Å². The zero-order chi connectivity index (χ0) is 19.7. The van der Waals surface area contributed by atoms with E-state index in [0.717, 1.165) is 16.3 Å². The van der Waals surface area contributed by atoms with Crippen molar-refractivity contribution in [1.82, 2.24) is 0 Å². The smallest absolute Gasteiger partial charge is 0.291 e. The van der Waals surface area contributed by atoms with Crippen LogP contribution in [0.2, 0.25) is 5.02 Å². The molecular weight excluding hydrogens is 464 g/mol. The fourth-order valence-corrected chi connectivity index (χ4v) is 4.36. The van der Waals surface area contributed by atoms with E-state index in [1.54, 1.807) is 59.1 Å². The van der Waals surface area contributed by atoms with E-state index in [4.69, 9.17) is 16.0 Å². The molecule has 28 heavy (non-hydrogen) atoms. The summed E-state index contributed by atoms with van der Waals surface area (Å²) in [4.78, 5) is 28.1. The van der Waals surface area contributed by atoms with Crippen molar-refractivity contribution >= 4 is 62.5 Å². The molecule has 0 bridgehead atoms. The van der Waals surface area contributed by atoms with Gasteiger partial charge in [-0.2, -0.15) is 0 Å². The first-order chi connectivity index (χ1) is 13.5. The van der Waals surface area contributed by atoms with E-state index in [2.05, 4.69) is 21.2 Å². The lowest BCUT2D eigenvalue weighted by Gasteiger charge is -2.29. The van der Waals surface area contributed by atoms with E-state index in [-0.39, 0.29) is 17.6 Å². The minimum absolute atomic E-state index is 0.138. The molecule has 8 heteroatoms. The fraction of sp³-hybridized carbons (Fsp3) is 0.100. The first-order valence-electron chi connectivity index (χ1n) is 8.42. The Labute approximate surface area is 179 Å². The van der Waals surface area contributed by atoms with E-state index in [1.165, 1.54) is 0 Å². The van der Waals surface area contributed by atoms with Crippen molar-refractivity contribution in [3.8, 4) is 0 Å². The number of furan rings is 1. The molecule has 2 heterocycles. The average molecular weight is 478 g/mol. The highest BCUT2D eigenvalue weighted by atomic mass is 79.9. The van der Waals surface area contributed by atoms with Crippen LogP contribution in [0.1, 0.15) is 20.9 Å². The summed E-state index contributed by atoms with van der Waals surface area (Å²) in [5.41, 5.74) is 1.81. The molecule has 0 spiro atoms. The second kappa shape index (κ2) is 8.03. The lowest BCUT2D eigenvalue weighted by Crippen LogP contribution is -2.35. The zero-order valence-corrected chi connectivity index (χ0v) is 17.6. The van der Waals surface area contributed by atoms with Gasteiger partial charge in [-0.25, -0.2) is 0 Å². The summed E-state index contributed by atoms with van der Waals surface area (Å²) in [6.07, 6.45) is 0. The van der Waals surface area contributed by atoms with Crippen molar-refractivity contribution in [2.24, 2.45) is 0 Å². The SMILES string of the molecule is O=C(Nc1cccc(C(=O)N2CCSc3ccc(Cl)cc32)c1)c1ccc(Br)o1. The van der Waals surface area contributed by atoms with Gasteiger partial charge >= 0.3 is 0 Å². The summed E-state index contributed by atoms with van der Waals surface area (Å²) < 4.78 is 5.73. The molecule has 0 fully saturated rings. The molecule has 5 nitrogen and oxygen atoms in total. The largest absolute Gasteiger partial charge is 0.444 e. The Hall–Kier alpha value is -2.22. The van der Waals surface area contributed by atoms with Crippen molar-refractivity contribution in [2.45, 2.75) is 4.90 Å². The van der Waals surface area contributed by atoms with Crippen LogP contribution >= 0.6 is 39.3 Å². The van der Waals surface area contributed by atoms with Gasteiger partial charge in [0.2, 0.25) is 0 Å². The van der Waals surface area contributed by atoms with Crippen LogP contribution in [-0.2, 0) is 0 Å². The van der Waals surface area contributed by atoms with Crippen LogP contribution in [-0.4, -0.2) is 24.1 Å². The topological polar surface area (TPSA) is 62.6 Å². The molecule has 0 radical (unpaired) electrons. The number of benzene rings is 2. The molecule has 0 aliphatic carbocycles. The second-order valence-corrected chi connectivity index (χ2v) is 8.41. The fourth-order valence-electron chi connectivity index (χ4n) is 2.92. The van der Waals surface area contributed by atoms with E-state index >= 15 is 0 Å². The van der Waals surface area contributed by atoms with Crippen LogP contribution in [0.25, 0.3) is 0 Å². The molecule has 1 aromatic heterocycles. The van der Waals surface area contributed by atoms with Crippen LogP contribution < -0.4 is 10.2 Å². The molecule has 4 rings (SSSR count). The predicted molar refractivity (Wildman–Crippen MR) is 115 cm³/mol. The molecule has 142 valence electrons. The number of fused-ring (bicyclic) bond motifs is 1. The number of hydrogen-bond acceptors (Lipinski definition) is 4. The van der Waals surface area contributed by atoms with Gasteiger partial charge in [0, 0.05) is 33.5 Å².